The van der Waals surface area contributed by atoms with E-state index >= 15 is 0 Å². The minimum atomic E-state index is -4.67. The molecule has 0 aliphatic heterocycles. The first kappa shape index (κ1) is 22.5. The van der Waals surface area contributed by atoms with Crippen LogP contribution < -0.4 is 24.8 Å². The molecule has 0 saturated heterocycles. The summed E-state index contributed by atoms with van der Waals surface area (Å²) in [7, 11) is -4.67. The third-order valence-corrected chi connectivity index (χ3v) is 0. The normalized spacial score (nSPS) is 7.25. The molecule has 0 spiro atoms. The molecular weight excluding hydrogens is 304 g/mol. The van der Waals surface area contributed by atoms with Gasteiger partial charge in [0.1, 0.15) is 0 Å². The summed E-state index contributed by atoms with van der Waals surface area (Å²) in [4.78, 5) is 0. The molecule has 0 aromatic carbocycles. The molecule has 0 saturated carbocycles. The molecule has 0 unspecified atom stereocenters. The van der Waals surface area contributed by atoms with Crippen LogP contribution in [0.1, 0.15) is 0 Å². The zero-order chi connectivity index (χ0) is 4.50. The Morgan fingerprint density at radius 3 is 1.00 bits per heavy atom. The molecule has 48 valence electrons. The molecule has 0 fully saturated rings. The first-order chi connectivity index (χ1) is 2.00. The summed E-state index contributed by atoms with van der Waals surface area (Å²) in [6.45, 7) is 0. The van der Waals surface area contributed by atoms with Gasteiger partial charge < -0.3 is 24.8 Å². The van der Waals surface area contributed by atoms with Gasteiger partial charge in [0, 0.05) is 0 Å². The summed E-state index contributed by atoms with van der Waals surface area (Å²) in [5, 5.41) is 0. The van der Waals surface area contributed by atoms with Crippen LogP contribution >= 0.6 is 0 Å². The van der Waals surface area contributed by atoms with Gasteiger partial charge in [0.25, 0.3) is 0 Å². The van der Waals surface area contributed by atoms with Crippen LogP contribution in [0.3, 0.4) is 0 Å². The second-order valence-electron chi connectivity index (χ2n) is 0.448. The van der Waals surface area contributed by atoms with E-state index in [-0.39, 0.29) is 73.7 Å². The van der Waals surface area contributed by atoms with E-state index in [4.69, 9.17) is 17.5 Å². The Bertz CT molecular complexity index is 97.2. The Morgan fingerprint density at radius 1 is 1.00 bits per heavy atom. The van der Waals surface area contributed by atoms with E-state index in [1.807, 2.05) is 0 Å². The summed E-state index contributed by atoms with van der Waals surface area (Å²) < 4.78 is 31.6. The van der Waals surface area contributed by atoms with Crippen LogP contribution in [0.4, 0.5) is 0 Å². The Kier molecular flexibility index (Phi) is 25.4. The van der Waals surface area contributed by atoms with Crippen molar-refractivity contribution in [2.45, 2.75) is 0 Å². The molecule has 0 amide bonds. The number of hydrogen-bond donors (Lipinski definition) is 2. The van der Waals surface area contributed by atoms with Crippen molar-refractivity contribution in [3.63, 3.8) is 0 Å². The SMILES string of the molecule is O=S(=O)(O)O.[Ba+2].[Cl-].[Cl-]. The Labute approximate surface area is 99.9 Å². The summed E-state index contributed by atoms with van der Waals surface area (Å²) >= 11 is 0. The summed E-state index contributed by atoms with van der Waals surface area (Å²) in [6, 6.07) is 0. The first-order valence-corrected chi connectivity index (χ1v) is 2.10. The fourth-order valence-electron chi connectivity index (χ4n) is 0. The molecule has 2 N–H and O–H groups in total. The molecule has 0 aromatic rings. The summed E-state index contributed by atoms with van der Waals surface area (Å²) in [5.41, 5.74) is 0. The molecule has 0 rings (SSSR count). The third kappa shape index (κ3) is 96.8. The van der Waals surface area contributed by atoms with Gasteiger partial charge in [-0.1, -0.05) is 0 Å². The maximum atomic E-state index is 8.74. The van der Waals surface area contributed by atoms with Gasteiger partial charge in [0.2, 0.25) is 0 Å². The molecule has 0 aliphatic carbocycles. The number of rotatable bonds is 0. The van der Waals surface area contributed by atoms with Gasteiger partial charge in [-0.15, -0.1) is 0 Å². The zero-order valence-electron chi connectivity index (χ0n) is 3.58. The largest absolute Gasteiger partial charge is 2.00 e. The monoisotopic (exact) mass is 306 g/mol. The fourth-order valence-corrected chi connectivity index (χ4v) is 0. The Morgan fingerprint density at radius 2 is 1.00 bits per heavy atom. The van der Waals surface area contributed by atoms with E-state index in [0.29, 0.717) is 0 Å². The second kappa shape index (κ2) is 9.02. The first-order valence-electron chi connectivity index (χ1n) is 0.698. The van der Waals surface area contributed by atoms with Crippen LogP contribution in [0.15, 0.2) is 0 Å². The predicted molar refractivity (Wildman–Crippen MR) is 19.9 cm³/mol. The van der Waals surface area contributed by atoms with Crippen LogP contribution in [-0.4, -0.2) is 66.4 Å². The van der Waals surface area contributed by atoms with Crippen molar-refractivity contribution in [3.8, 4) is 0 Å². The fraction of sp³-hybridized carbons (Fsp3) is 0. The zero-order valence-corrected chi connectivity index (χ0v) is 10.4. The van der Waals surface area contributed by atoms with E-state index in [2.05, 4.69) is 0 Å². The van der Waals surface area contributed by atoms with E-state index in [9.17, 15) is 0 Å². The topological polar surface area (TPSA) is 74.6 Å². The number of hydrogen-bond acceptors (Lipinski definition) is 2. The van der Waals surface area contributed by atoms with Crippen LogP contribution in [0.5, 0.6) is 0 Å². The average molecular weight is 306 g/mol. The van der Waals surface area contributed by atoms with Crippen LogP contribution in [0.25, 0.3) is 0 Å². The van der Waals surface area contributed by atoms with Gasteiger partial charge in [-0.2, -0.15) is 8.42 Å². The van der Waals surface area contributed by atoms with E-state index < -0.39 is 10.4 Å². The molecular formula is H2BaCl2O4S. The molecule has 0 bridgehead atoms. The van der Waals surface area contributed by atoms with Gasteiger partial charge in [0.05, 0.1) is 0 Å². The molecule has 8 heteroatoms. The van der Waals surface area contributed by atoms with Crippen molar-refractivity contribution in [2.75, 3.05) is 0 Å². The van der Waals surface area contributed by atoms with Crippen molar-refractivity contribution in [3.05, 3.63) is 0 Å². The second-order valence-corrected chi connectivity index (χ2v) is 1.34. The molecule has 0 heterocycles. The van der Waals surface area contributed by atoms with Crippen molar-refractivity contribution in [1.29, 1.82) is 0 Å². The Balaban J connectivity index is -0.0000000267. The van der Waals surface area contributed by atoms with Crippen molar-refractivity contribution >= 4 is 59.3 Å². The minimum Gasteiger partial charge on any atom is -1.00 e. The van der Waals surface area contributed by atoms with E-state index in [1.54, 1.807) is 0 Å². The van der Waals surface area contributed by atoms with Crippen LogP contribution in [0.2, 0.25) is 0 Å². The molecule has 8 heavy (non-hydrogen) atoms. The molecule has 4 nitrogen and oxygen atoms in total. The third-order valence-electron chi connectivity index (χ3n) is 0. The molecule has 0 aromatic heterocycles. The minimum absolute atomic E-state index is 0. The van der Waals surface area contributed by atoms with Crippen LogP contribution in [-0.2, 0) is 10.4 Å². The van der Waals surface area contributed by atoms with Gasteiger partial charge in [-0.05, 0) is 0 Å². The van der Waals surface area contributed by atoms with Gasteiger partial charge in [0.15, 0.2) is 0 Å². The van der Waals surface area contributed by atoms with Crippen molar-refractivity contribution in [2.24, 2.45) is 0 Å². The van der Waals surface area contributed by atoms with E-state index in [1.165, 1.54) is 0 Å². The smallest absolute Gasteiger partial charge is 1.00 e. The predicted octanol–water partition coefficient (Wildman–Crippen LogP) is -7.03. The summed E-state index contributed by atoms with van der Waals surface area (Å²) in [6.07, 6.45) is 0. The maximum absolute atomic E-state index is 8.74. The van der Waals surface area contributed by atoms with Crippen molar-refractivity contribution in [1.82, 2.24) is 0 Å². The van der Waals surface area contributed by atoms with E-state index in [0.717, 1.165) is 0 Å². The molecule has 0 radical (unpaired) electrons. The van der Waals surface area contributed by atoms with Crippen molar-refractivity contribution < 1.29 is 42.3 Å². The van der Waals surface area contributed by atoms with Crippen LogP contribution in [0, 0.1) is 0 Å². The maximum Gasteiger partial charge on any atom is 2.00 e. The Hall–Kier alpha value is 2.02. The van der Waals surface area contributed by atoms with Gasteiger partial charge in [-0.3, -0.25) is 9.11 Å². The molecule has 0 atom stereocenters. The quantitative estimate of drug-likeness (QED) is 0.345. The standard InChI is InChI=1S/Ba.2ClH.H2O4S/c;;;1-5(2,3)4/h;2*1H;(H2,1,2,3,4)/q+2;;;/p-2. The number of halogens is 2. The summed E-state index contributed by atoms with van der Waals surface area (Å²) in [5.74, 6) is 0. The average Bonchev–Trinajstić information content (AvgIpc) is 0.722. The van der Waals surface area contributed by atoms with Gasteiger partial charge in [-0.25, -0.2) is 0 Å². The molecule has 0 aliphatic rings. The van der Waals surface area contributed by atoms with Gasteiger partial charge >= 0.3 is 59.3 Å².